The average Bonchev–Trinajstić information content (AvgIpc) is 3.14. The van der Waals surface area contributed by atoms with Crippen LogP contribution in [0.3, 0.4) is 0 Å². The lowest BCUT2D eigenvalue weighted by Crippen LogP contribution is -2.48. The first-order valence-corrected chi connectivity index (χ1v) is 9.75. The molecule has 3 heterocycles. The normalized spacial score (nSPS) is 17.6. The van der Waals surface area contributed by atoms with E-state index in [4.69, 9.17) is 4.74 Å². The molecule has 2 aromatic rings. The first-order chi connectivity index (χ1) is 13.2. The molecule has 0 bridgehead atoms. The van der Waals surface area contributed by atoms with Gasteiger partial charge in [0.1, 0.15) is 5.75 Å². The van der Waals surface area contributed by atoms with E-state index in [1.165, 1.54) is 5.56 Å². The van der Waals surface area contributed by atoms with E-state index in [1.807, 2.05) is 24.0 Å². The van der Waals surface area contributed by atoms with E-state index in [0.717, 1.165) is 69.2 Å². The number of carbonyl (C=O) groups excluding carboxylic acids is 1. The van der Waals surface area contributed by atoms with Crippen molar-refractivity contribution in [3.63, 3.8) is 0 Å². The van der Waals surface area contributed by atoms with Crippen LogP contribution in [-0.2, 0) is 19.5 Å². The van der Waals surface area contributed by atoms with Gasteiger partial charge in [-0.25, -0.2) is 0 Å². The number of nitrogens with zero attached hydrogens (tertiary/aromatic N) is 3. The van der Waals surface area contributed by atoms with Crippen LogP contribution >= 0.6 is 0 Å². The number of carbonyl (C=O) groups is 1. The number of aromatic amines is 1. The van der Waals surface area contributed by atoms with Crippen LogP contribution in [0, 0.1) is 0 Å². The minimum Gasteiger partial charge on any atom is -0.494 e. The molecule has 0 atom stereocenters. The Morgan fingerprint density at radius 2 is 1.96 bits per heavy atom. The van der Waals surface area contributed by atoms with Crippen molar-refractivity contribution in [2.75, 3.05) is 39.3 Å². The quantitative estimate of drug-likeness (QED) is 0.834. The van der Waals surface area contributed by atoms with Crippen molar-refractivity contribution in [1.29, 1.82) is 0 Å². The number of amides is 1. The summed E-state index contributed by atoms with van der Waals surface area (Å²) in [4.78, 5) is 17.2. The fourth-order valence-corrected chi connectivity index (χ4v) is 3.78. The third kappa shape index (κ3) is 3.99. The van der Waals surface area contributed by atoms with Crippen molar-refractivity contribution in [2.24, 2.45) is 0 Å². The molecule has 2 aliphatic heterocycles. The van der Waals surface area contributed by atoms with Gasteiger partial charge in [0, 0.05) is 63.5 Å². The summed E-state index contributed by atoms with van der Waals surface area (Å²) in [7, 11) is 0. The van der Waals surface area contributed by atoms with Crippen molar-refractivity contribution < 1.29 is 9.53 Å². The van der Waals surface area contributed by atoms with Crippen molar-refractivity contribution in [2.45, 2.75) is 26.4 Å². The molecule has 0 aliphatic carbocycles. The standard InChI is InChI=1S/C20H27N5O2/c1-2-27-16-5-3-15(4-6-16)14-24-9-11-25(12-10-24)20(26)19-17-13-21-8-7-18(17)22-23-19/h3-6,21H,2,7-14H2,1H3,(H,22,23). The molecule has 27 heavy (non-hydrogen) atoms. The molecule has 7 heteroatoms. The Balaban J connectivity index is 1.32. The number of hydrogen-bond donors (Lipinski definition) is 2. The molecule has 1 aromatic carbocycles. The van der Waals surface area contributed by atoms with Crippen LogP contribution in [0.2, 0.25) is 0 Å². The molecule has 1 aromatic heterocycles. The average molecular weight is 369 g/mol. The number of benzene rings is 1. The van der Waals surface area contributed by atoms with Gasteiger partial charge in [-0.3, -0.25) is 14.8 Å². The Kier molecular flexibility index (Phi) is 5.40. The van der Waals surface area contributed by atoms with E-state index < -0.39 is 0 Å². The smallest absolute Gasteiger partial charge is 0.274 e. The predicted molar refractivity (Wildman–Crippen MR) is 103 cm³/mol. The summed E-state index contributed by atoms with van der Waals surface area (Å²) in [6.07, 6.45) is 0.908. The molecule has 0 saturated carbocycles. The van der Waals surface area contributed by atoms with Crippen LogP contribution in [0.4, 0.5) is 0 Å². The number of hydrogen-bond acceptors (Lipinski definition) is 5. The molecule has 1 amide bonds. The van der Waals surface area contributed by atoms with Gasteiger partial charge in [-0.1, -0.05) is 12.1 Å². The highest BCUT2D eigenvalue weighted by Gasteiger charge is 2.28. The van der Waals surface area contributed by atoms with Gasteiger partial charge in [0.25, 0.3) is 5.91 Å². The topological polar surface area (TPSA) is 73.5 Å². The van der Waals surface area contributed by atoms with Crippen LogP contribution in [0.15, 0.2) is 24.3 Å². The number of fused-ring (bicyclic) bond motifs is 1. The largest absolute Gasteiger partial charge is 0.494 e. The molecule has 1 saturated heterocycles. The summed E-state index contributed by atoms with van der Waals surface area (Å²) >= 11 is 0. The SMILES string of the molecule is CCOc1ccc(CN2CCN(C(=O)c3n[nH]c4c3CNCC4)CC2)cc1. The second kappa shape index (κ2) is 8.10. The molecule has 144 valence electrons. The monoisotopic (exact) mass is 369 g/mol. The zero-order valence-corrected chi connectivity index (χ0v) is 15.8. The van der Waals surface area contributed by atoms with Gasteiger partial charge in [-0.15, -0.1) is 0 Å². The third-order valence-electron chi connectivity index (χ3n) is 5.31. The Bertz CT molecular complexity index is 778. The minimum atomic E-state index is 0.0527. The molecule has 2 N–H and O–H groups in total. The Labute approximate surface area is 159 Å². The number of nitrogens with one attached hydrogen (secondary N) is 2. The fourth-order valence-electron chi connectivity index (χ4n) is 3.78. The van der Waals surface area contributed by atoms with Crippen molar-refractivity contribution in [3.8, 4) is 5.75 Å². The fraction of sp³-hybridized carbons (Fsp3) is 0.500. The van der Waals surface area contributed by atoms with Gasteiger partial charge in [0.15, 0.2) is 5.69 Å². The summed E-state index contributed by atoms with van der Waals surface area (Å²) < 4.78 is 5.50. The Morgan fingerprint density at radius 1 is 1.19 bits per heavy atom. The molecular weight excluding hydrogens is 342 g/mol. The molecule has 7 nitrogen and oxygen atoms in total. The summed E-state index contributed by atoms with van der Waals surface area (Å²) in [5.41, 5.74) is 4.01. The molecule has 0 spiro atoms. The number of rotatable bonds is 5. The van der Waals surface area contributed by atoms with Crippen LogP contribution in [0.5, 0.6) is 5.75 Å². The van der Waals surface area contributed by atoms with Gasteiger partial charge in [-0.05, 0) is 24.6 Å². The lowest BCUT2D eigenvalue weighted by atomic mass is 10.1. The maximum Gasteiger partial charge on any atom is 0.274 e. The van der Waals surface area contributed by atoms with Crippen LogP contribution in [-0.4, -0.2) is 65.2 Å². The zero-order chi connectivity index (χ0) is 18.6. The molecule has 2 aliphatic rings. The van der Waals surface area contributed by atoms with E-state index in [0.29, 0.717) is 12.3 Å². The van der Waals surface area contributed by atoms with E-state index in [1.54, 1.807) is 0 Å². The van der Waals surface area contributed by atoms with E-state index >= 15 is 0 Å². The van der Waals surface area contributed by atoms with Gasteiger partial charge < -0.3 is 15.0 Å². The summed E-state index contributed by atoms with van der Waals surface area (Å²) in [5.74, 6) is 0.963. The van der Waals surface area contributed by atoms with Gasteiger partial charge in [-0.2, -0.15) is 5.10 Å². The van der Waals surface area contributed by atoms with Crippen LogP contribution in [0.1, 0.15) is 34.2 Å². The summed E-state index contributed by atoms with van der Waals surface area (Å²) in [6.45, 7) is 8.48. The number of piperazine rings is 1. The first kappa shape index (κ1) is 18.0. The van der Waals surface area contributed by atoms with Gasteiger partial charge in [0.2, 0.25) is 0 Å². The maximum absolute atomic E-state index is 12.9. The lowest BCUT2D eigenvalue weighted by molar-refractivity contribution is 0.0621. The van der Waals surface area contributed by atoms with Gasteiger partial charge in [0.05, 0.1) is 6.61 Å². The Morgan fingerprint density at radius 3 is 2.70 bits per heavy atom. The highest BCUT2D eigenvalue weighted by molar-refractivity contribution is 5.94. The maximum atomic E-state index is 12.9. The molecule has 1 fully saturated rings. The molecule has 0 unspecified atom stereocenters. The molecular formula is C20H27N5O2. The molecule has 0 radical (unpaired) electrons. The van der Waals surface area contributed by atoms with Crippen LogP contribution < -0.4 is 10.1 Å². The third-order valence-corrected chi connectivity index (χ3v) is 5.31. The number of H-pyrrole nitrogens is 1. The molecule has 4 rings (SSSR count). The summed E-state index contributed by atoms with van der Waals surface area (Å²) in [6, 6.07) is 8.28. The van der Waals surface area contributed by atoms with E-state index in [-0.39, 0.29) is 5.91 Å². The van der Waals surface area contributed by atoms with E-state index in [2.05, 4.69) is 32.5 Å². The predicted octanol–water partition coefficient (Wildman–Crippen LogP) is 1.41. The van der Waals surface area contributed by atoms with Crippen molar-refractivity contribution in [3.05, 3.63) is 46.8 Å². The van der Waals surface area contributed by atoms with Crippen molar-refractivity contribution in [1.82, 2.24) is 25.3 Å². The lowest BCUT2D eigenvalue weighted by Gasteiger charge is -2.34. The highest BCUT2D eigenvalue weighted by atomic mass is 16.5. The second-order valence-corrected chi connectivity index (χ2v) is 7.10. The number of aromatic nitrogens is 2. The van der Waals surface area contributed by atoms with Crippen LogP contribution in [0.25, 0.3) is 0 Å². The second-order valence-electron chi connectivity index (χ2n) is 7.10. The number of ether oxygens (including phenoxy) is 1. The minimum absolute atomic E-state index is 0.0527. The highest BCUT2D eigenvalue weighted by Crippen LogP contribution is 2.19. The Hall–Kier alpha value is -2.38. The van der Waals surface area contributed by atoms with E-state index in [9.17, 15) is 4.79 Å². The van der Waals surface area contributed by atoms with Gasteiger partial charge >= 0.3 is 0 Å². The summed E-state index contributed by atoms with van der Waals surface area (Å²) in [5, 5.41) is 10.7. The first-order valence-electron chi connectivity index (χ1n) is 9.75. The zero-order valence-electron chi connectivity index (χ0n) is 15.8. The van der Waals surface area contributed by atoms with Crippen molar-refractivity contribution >= 4 is 5.91 Å².